The Morgan fingerprint density at radius 1 is 1.26 bits per heavy atom. The first kappa shape index (κ1) is 25.3. The quantitative estimate of drug-likeness (QED) is 0.260. The molecular formula is C24H24ClN5O3S. The zero-order valence-electron chi connectivity index (χ0n) is 18.9. The topological polar surface area (TPSA) is 99.0 Å². The summed E-state index contributed by atoms with van der Waals surface area (Å²) in [5.41, 5.74) is 2.58. The SMILES string of the molecule is CCC(=O)NCC#Cc1ccc(OCc2nnc(SCC(=O)CCl)n2-c2cccnc2)cc1C. The summed E-state index contributed by atoms with van der Waals surface area (Å²) >= 11 is 6.88. The van der Waals surface area contributed by atoms with Crippen molar-refractivity contribution in [1.29, 1.82) is 0 Å². The molecule has 3 rings (SSSR count). The number of nitrogens with zero attached hydrogens (tertiary/aromatic N) is 4. The average Bonchev–Trinajstić information content (AvgIpc) is 3.27. The van der Waals surface area contributed by atoms with E-state index in [1.807, 2.05) is 41.8 Å². The van der Waals surface area contributed by atoms with Crippen LogP contribution in [-0.4, -0.2) is 49.6 Å². The van der Waals surface area contributed by atoms with E-state index in [2.05, 4.69) is 32.3 Å². The van der Waals surface area contributed by atoms with Crippen molar-refractivity contribution in [1.82, 2.24) is 25.1 Å². The summed E-state index contributed by atoms with van der Waals surface area (Å²) in [5, 5.41) is 11.8. The number of pyridine rings is 1. The van der Waals surface area contributed by atoms with Crippen LogP contribution in [-0.2, 0) is 16.2 Å². The zero-order chi connectivity index (χ0) is 24.3. The predicted octanol–water partition coefficient (Wildman–Crippen LogP) is 3.33. The number of carbonyl (C=O) groups excluding carboxylic acids is 2. The molecule has 0 fully saturated rings. The van der Waals surface area contributed by atoms with Crippen LogP contribution < -0.4 is 10.1 Å². The molecule has 10 heteroatoms. The van der Waals surface area contributed by atoms with E-state index in [9.17, 15) is 9.59 Å². The predicted molar refractivity (Wildman–Crippen MR) is 131 cm³/mol. The maximum atomic E-state index is 11.7. The Hall–Kier alpha value is -3.35. The first-order chi connectivity index (χ1) is 16.5. The van der Waals surface area contributed by atoms with Gasteiger partial charge in [0.05, 0.1) is 30.1 Å². The highest BCUT2D eigenvalue weighted by Crippen LogP contribution is 2.23. The van der Waals surface area contributed by atoms with E-state index in [0.29, 0.717) is 29.7 Å². The Balaban J connectivity index is 1.72. The molecule has 34 heavy (non-hydrogen) atoms. The Bertz CT molecular complexity index is 1200. The van der Waals surface area contributed by atoms with Gasteiger partial charge in [-0.2, -0.15) is 0 Å². The number of aromatic nitrogens is 4. The van der Waals surface area contributed by atoms with Gasteiger partial charge < -0.3 is 10.1 Å². The van der Waals surface area contributed by atoms with Gasteiger partial charge in [-0.05, 0) is 42.8 Å². The van der Waals surface area contributed by atoms with Crippen LogP contribution in [0.4, 0.5) is 0 Å². The van der Waals surface area contributed by atoms with Crippen molar-refractivity contribution in [3.63, 3.8) is 0 Å². The third-order valence-electron chi connectivity index (χ3n) is 4.60. The van der Waals surface area contributed by atoms with Crippen molar-refractivity contribution in [2.24, 2.45) is 0 Å². The summed E-state index contributed by atoms with van der Waals surface area (Å²) in [6.45, 7) is 4.22. The van der Waals surface area contributed by atoms with Crippen molar-refractivity contribution >= 4 is 35.1 Å². The number of aryl methyl sites for hydroxylation is 1. The molecule has 0 unspecified atom stereocenters. The normalized spacial score (nSPS) is 10.3. The van der Waals surface area contributed by atoms with E-state index in [-0.39, 0.29) is 29.9 Å². The van der Waals surface area contributed by atoms with E-state index in [4.69, 9.17) is 16.3 Å². The molecule has 2 heterocycles. The first-order valence-electron chi connectivity index (χ1n) is 10.6. The second-order valence-electron chi connectivity index (χ2n) is 7.10. The number of amides is 1. The Morgan fingerprint density at radius 3 is 2.82 bits per heavy atom. The number of Topliss-reactive ketones (excluding diaryl/α,β-unsaturated/α-hetero) is 1. The summed E-state index contributed by atoms with van der Waals surface area (Å²) in [4.78, 5) is 27.1. The highest BCUT2D eigenvalue weighted by Gasteiger charge is 2.16. The summed E-state index contributed by atoms with van der Waals surface area (Å²) in [7, 11) is 0. The van der Waals surface area contributed by atoms with E-state index in [0.717, 1.165) is 16.8 Å². The number of ether oxygens (including phenoxy) is 1. The van der Waals surface area contributed by atoms with Crippen molar-refractivity contribution in [2.75, 3.05) is 18.2 Å². The number of halogens is 1. The maximum absolute atomic E-state index is 11.7. The molecule has 0 spiro atoms. The average molecular weight is 498 g/mol. The maximum Gasteiger partial charge on any atom is 0.220 e. The molecule has 1 aromatic carbocycles. The summed E-state index contributed by atoms with van der Waals surface area (Å²) < 4.78 is 7.79. The van der Waals surface area contributed by atoms with Gasteiger partial charge in [0.1, 0.15) is 12.4 Å². The molecule has 0 saturated carbocycles. The van der Waals surface area contributed by atoms with Gasteiger partial charge in [-0.25, -0.2) is 0 Å². The van der Waals surface area contributed by atoms with Crippen molar-refractivity contribution in [3.05, 3.63) is 59.7 Å². The minimum atomic E-state index is -0.0865. The van der Waals surface area contributed by atoms with Gasteiger partial charge in [-0.3, -0.25) is 19.1 Å². The van der Waals surface area contributed by atoms with Crippen LogP contribution in [0.5, 0.6) is 5.75 Å². The van der Waals surface area contributed by atoms with Crippen molar-refractivity contribution in [3.8, 4) is 23.3 Å². The molecule has 0 radical (unpaired) electrons. The number of hydrogen-bond acceptors (Lipinski definition) is 7. The molecular weight excluding hydrogens is 474 g/mol. The monoisotopic (exact) mass is 497 g/mol. The lowest BCUT2D eigenvalue weighted by atomic mass is 10.1. The summed E-state index contributed by atoms with van der Waals surface area (Å²) in [5.74, 6) is 7.29. The molecule has 0 aliphatic heterocycles. The Labute approximate surface area is 207 Å². The van der Waals surface area contributed by atoms with Gasteiger partial charge in [0.25, 0.3) is 0 Å². The third-order valence-corrected chi connectivity index (χ3v) is 5.89. The molecule has 176 valence electrons. The molecule has 1 amide bonds. The lowest BCUT2D eigenvalue weighted by molar-refractivity contribution is -0.120. The minimum absolute atomic E-state index is 0.0268. The number of alkyl halides is 1. The largest absolute Gasteiger partial charge is 0.486 e. The number of ketones is 1. The number of nitrogens with one attached hydrogen (secondary N) is 1. The lowest BCUT2D eigenvalue weighted by Gasteiger charge is -2.11. The molecule has 0 saturated heterocycles. The number of carbonyl (C=O) groups is 2. The molecule has 0 bridgehead atoms. The van der Waals surface area contributed by atoms with Gasteiger partial charge in [0.2, 0.25) is 5.91 Å². The molecule has 0 aliphatic carbocycles. The van der Waals surface area contributed by atoms with E-state index >= 15 is 0 Å². The van der Waals surface area contributed by atoms with Crippen LogP contribution in [0.25, 0.3) is 5.69 Å². The highest BCUT2D eigenvalue weighted by atomic mass is 35.5. The molecule has 0 aliphatic rings. The standard InChI is InChI=1S/C24H24ClN5O3S/c1-3-23(32)27-11-4-6-18-8-9-21(12-17(18)2)33-15-22-28-29-24(34-16-20(31)13-25)30(22)19-7-5-10-26-14-19/h5,7-10,12,14H,3,11,13,15-16H2,1-2H3,(H,27,32). The molecule has 1 N–H and O–H groups in total. The number of thioether (sulfide) groups is 1. The van der Waals surface area contributed by atoms with Gasteiger partial charge in [-0.15, -0.1) is 21.8 Å². The highest BCUT2D eigenvalue weighted by molar-refractivity contribution is 7.99. The van der Waals surface area contributed by atoms with Crippen molar-refractivity contribution in [2.45, 2.75) is 32.0 Å². The van der Waals surface area contributed by atoms with Gasteiger partial charge in [0.15, 0.2) is 16.8 Å². The minimum Gasteiger partial charge on any atom is -0.486 e. The third kappa shape index (κ3) is 7.07. The zero-order valence-corrected chi connectivity index (χ0v) is 20.4. The van der Waals surface area contributed by atoms with Gasteiger partial charge in [-0.1, -0.05) is 30.5 Å². The number of hydrogen-bond donors (Lipinski definition) is 1. The van der Waals surface area contributed by atoms with Crippen molar-refractivity contribution < 1.29 is 14.3 Å². The van der Waals surface area contributed by atoms with Gasteiger partial charge in [0, 0.05) is 18.2 Å². The fraction of sp³-hybridized carbons (Fsp3) is 0.292. The van der Waals surface area contributed by atoms with Crippen LogP contribution in [0.2, 0.25) is 0 Å². The van der Waals surface area contributed by atoms with Crippen LogP contribution in [0.1, 0.15) is 30.3 Å². The lowest BCUT2D eigenvalue weighted by Crippen LogP contribution is -2.22. The van der Waals surface area contributed by atoms with Crippen LogP contribution >= 0.6 is 23.4 Å². The smallest absolute Gasteiger partial charge is 0.220 e. The summed E-state index contributed by atoms with van der Waals surface area (Å²) in [6.07, 6.45) is 3.81. The molecule has 3 aromatic rings. The Kier molecular flexibility index (Phi) is 9.50. The van der Waals surface area contributed by atoms with E-state index in [1.165, 1.54) is 11.8 Å². The first-order valence-corrected chi connectivity index (χ1v) is 12.1. The second-order valence-corrected chi connectivity index (χ2v) is 8.31. The second kappa shape index (κ2) is 12.8. The number of benzene rings is 1. The van der Waals surface area contributed by atoms with E-state index < -0.39 is 0 Å². The molecule has 2 aromatic heterocycles. The molecule has 0 atom stereocenters. The fourth-order valence-corrected chi connectivity index (χ4v) is 3.87. The fourth-order valence-electron chi connectivity index (χ4n) is 2.84. The number of rotatable bonds is 10. The molecule has 8 nitrogen and oxygen atoms in total. The Morgan fingerprint density at radius 2 is 2.12 bits per heavy atom. The summed E-state index contributed by atoms with van der Waals surface area (Å²) in [6, 6.07) is 9.31. The van der Waals surface area contributed by atoms with Crippen LogP contribution in [0.3, 0.4) is 0 Å². The van der Waals surface area contributed by atoms with Gasteiger partial charge >= 0.3 is 0 Å². The van der Waals surface area contributed by atoms with E-state index in [1.54, 1.807) is 19.3 Å². The van der Waals surface area contributed by atoms with Crippen LogP contribution in [0.15, 0.2) is 47.9 Å². The van der Waals surface area contributed by atoms with Crippen LogP contribution in [0, 0.1) is 18.8 Å².